The van der Waals surface area contributed by atoms with Crippen LogP contribution in [0.5, 0.6) is 0 Å². The SMILES string of the molecule is O=C(O)c1ccnc(CC2(c3ccc4ccccc4c3)CCCC2)n1. The molecule has 1 N–H and O–H groups in total. The van der Waals surface area contributed by atoms with Crippen LogP contribution in [-0.4, -0.2) is 21.0 Å². The van der Waals surface area contributed by atoms with Crippen molar-refractivity contribution in [2.75, 3.05) is 0 Å². The van der Waals surface area contributed by atoms with Crippen LogP contribution in [0.25, 0.3) is 10.8 Å². The summed E-state index contributed by atoms with van der Waals surface area (Å²) in [7, 11) is 0. The fraction of sp³-hybridized carbons (Fsp3) is 0.286. The molecule has 1 aromatic heterocycles. The normalized spacial score (nSPS) is 16.2. The average Bonchev–Trinajstić information content (AvgIpc) is 3.11. The zero-order valence-electron chi connectivity index (χ0n) is 14.0. The molecule has 1 heterocycles. The topological polar surface area (TPSA) is 63.1 Å². The van der Waals surface area contributed by atoms with Gasteiger partial charge in [-0.25, -0.2) is 14.8 Å². The van der Waals surface area contributed by atoms with E-state index < -0.39 is 5.97 Å². The molecule has 4 heteroatoms. The van der Waals surface area contributed by atoms with Gasteiger partial charge in [-0.05, 0) is 35.2 Å². The number of nitrogens with zero attached hydrogens (tertiary/aromatic N) is 2. The number of hydrogen-bond donors (Lipinski definition) is 1. The number of aromatic nitrogens is 2. The molecule has 4 nitrogen and oxygen atoms in total. The lowest BCUT2D eigenvalue weighted by molar-refractivity contribution is 0.0689. The second kappa shape index (κ2) is 6.28. The van der Waals surface area contributed by atoms with E-state index in [2.05, 4.69) is 52.4 Å². The van der Waals surface area contributed by atoms with Crippen molar-refractivity contribution in [1.82, 2.24) is 9.97 Å². The van der Waals surface area contributed by atoms with E-state index in [-0.39, 0.29) is 11.1 Å². The van der Waals surface area contributed by atoms with Crippen molar-refractivity contribution in [2.24, 2.45) is 0 Å². The van der Waals surface area contributed by atoms with Crippen LogP contribution in [0, 0.1) is 0 Å². The van der Waals surface area contributed by atoms with Crippen molar-refractivity contribution >= 4 is 16.7 Å². The highest BCUT2D eigenvalue weighted by atomic mass is 16.4. The van der Waals surface area contributed by atoms with Crippen molar-refractivity contribution < 1.29 is 9.90 Å². The van der Waals surface area contributed by atoms with Crippen LogP contribution in [0.1, 0.15) is 47.6 Å². The summed E-state index contributed by atoms with van der Waals surface area (Å²) in [6.07, 6.45) is 6.79. The number of carboxylic acids is 1. The Bertz CT molecular complexity index is 930. The predicted molar refractivity (Wildman–Crippen MR) is 96.8 cm³/mol. The Balaban J connectivity index is 1.74. The molecule has 1 aliphatic rings. The van der Waals surface area contributed by atoms with Gasteiger partial charge in [-0.3, -0.25) is 0 Å². The van der Waals surface area contributed by atoms with E-state index in [0.29, 0.717) is 12.2 Å². The van der Waals surface area contributed by atoms with Crippen LogP contribution in [0.4, 0.5) is 0 Å². The molecule has 2 aromatic carbocycles. The number of aromatic carboxylic acids is 1. The van der Waals surface area contributed by atoms with Crippen molar-refractivity contribution in [1.29, 1.82) is 0 Å². The minimum Gasteiger partial charge on any atom is -0.477 e. The van der Waals surface area contributed by atoms with Crippen molar-refractivity contribution in [3.63, 3.8) is 0 Å². The minimum atomic E-state index is -1.00. The van der Waals surface area contributed by atoms with Crippen LogP contribution in [0.3, 0.4) is 0 Å². The molecule has 3 aromatic rings. The second-order valence-electron chi connectivity index (χ2n) is 6.89. The molecule has 0 saturated heterocycles. The summed E-state index contributed by atoms with van der Waals surface area (Å²) < 4.78 is 0. The molecule has 4 rings (SSSR count). The Hall–Kier alpha value is -2.75. The number of hydrogen-bond acceptors (Lipinski definition) is 3. The maximum atomic E-state index is 11.2. The molecular weight excluding hydrogens is 312 g/mol. The third-order valence-corrected chi connectivity index (χ3v) is 5.34. The fourth-order valence-corrected chi connectivity index (χ4v) is 4.04. The molecule has 0 radical (unpaired) electrons. The van der Waals surface area contributed by atoms with Gasteiger partial charge in [-0.15, -0.1) is 0 Å². The van der Waals surface area contributed by atoms with Crippen LogP contribution >= 0.6 is 0 Å². The summed E-state index contributed by atoms with van der Waals surface area (Å²) in [5, 5.41) is 11.7. The first-order chi connectivity index (χ1) is 12.2. The number of rotatable bonds is 4. The van der Waals surface area contributed by atoms with Crippen molar-refractivity contribution in [3.05, 3.63) is 71.8 Å². The van der Waals surface area contributed by atoms with E-state index in [0.717, 1.165) is 12.8 Å². The van der Waals surface area contributed by atoms with E-state index in [1.54, 1.807) is 6.20 Å². The van der Waals surface area contributed by atoms with Gasteiger partial charge in [0.05, 0.1) is 0 Å². The number of fused-ring (bicyclic) bond motifs is 1. The molecule has 0 unspecified atom stereocenters. The number of benzene rings is 2. The molecule has 1 saturated carbocycles. The highest BCUT2D eigenvalue weighted by Gasteiger charge is 2.36. The van der Waals surface area contributed by atoms with Gasteiger partial charge in [-0.1, -0.05) is 55.3 Å². The van der Waals surface area contributed by atoms with Crippen molar-refractivity contribution in [3.8, 4) is 0 Å². The smallest absolute Gasteiger partial charge is 0.354 e. The zero-order chi connectivity index (χ0) is 17.3. The van der Waals surface area contributed by atoms with Gasteiger partial charge in [0.15, 0.2) is 5.69 Å². The largest absolute Gasteiger partial charge is 0.477 e. The second-order valence-corrected chi connectivity index (χ2v) is 6.89. The maximum Gasteiger partial charge on any atom is 0.354 e. The summed E-state index contributed by atoms with van der Waals surface area (Å²) in [5.74, 6) is -0.384. The first-order valence-corrected chi connectivity index (χ1v) is 8.71. The molecule has 0 aliphatic heterocycles. The Kier molecular flexibility index (Phi) is 3.96. The summed E-state index contributed by atoms with van der Waals surface area (Å²) in [5.41, 5.74) is 1.38. The van der Waals surface area contributed by atoms with E-state index in [1.807, 2.05) is 0 Å². The van der Waals surface area contributed by atoms with Crippen LogP contribution in [0.2, 0.25) is 0 Å². The molecule has 1 aliphatic carbocycles. The van der Waals surface area contributed by atoms with Gasteiger partial charge in [-0.2, -0.15) is 0 Å². The lowest BCUT2D eigenvalue weighted by atomic mass is 9.75. The fourth-order valence-electron chi connectivity index (χ4n) is 4.04. The lowest BCUT2D eigenvalue weighted by Crippen LogP contribution is -2.26. The quantitative estimate of drug-likeness (QED) is 0.770. The van der Waals surface area contributed by atoms with Gasteiger partial charge in [0, 0.05) is 18.0 Å². The summed E-state index contributed by atoms with van der Waals surface area (Å²) >= 11 is 0. The third kappa shape index (κ3) is 3.00. The molecule has 25 heavy (non-hydrogen) atoms. The monoisotopic (exact) mass is 332 g/mol. The number of carbonyl (C=O) groups is 1. The first-order valence-electron chi connectivity index (χ1n) is 8.71. The average molecular weight is 332 g/mol. The van der Waals surface area contributed by atoms with Crippen LogP contribution in [0.15, 0.2) is 54.7 Å². The molecule has 0 spiro atoms. The predicted octanol–water partition coefficient (Wildman–Crippen LogP) is 4.38. The summed E-state index contributed by atoms with van der Waals surface area (Å²) in [4.78, 5) is 19.8. The van der Waals surface area contributed by atoms with E-state index in [4.69, 9.17) is 0 Å². The maximum absolute atomic E-state index is 11.2. The first kappa shape index (κ1) is 15.8. The Morgan fingerprint density at radius 1 is 1.04 bits per heavy atom. The van der Waals surface area contributed by atoms with E-state index >= 15 is 0 Å². The van der Waals surface area contributed by atoms with Crippen LogP contribution in [-0.2, 0) is 11.8 Å². The van der Waals surface area contributed by atoms with E-state index in [9.17, 15) is 9.90 Å². The number of carboxylic acid groups (broad SMARTS) is 1. The molecule has 126 valence electrons. The highest BCUT2D eigenvalue weighted by molar-refractivity contribution is 5.85. The Morgan fingerprint density at radius 2 is 1.80 bits per heavy atom. The lowest BCUT2D eigenvalue weighted by Gasteiger charge is -2.29. The summed E-state index contributed by atoms with van der Waals surface area (Å²) in [6, 6.07) is 16.5. The van der Waals surface area contributed by atoms with Gasteiger partial charge in [0.25, 0.3) is 0 Å². The van der Waals surface area contributed by atoms with Gasteiger partial charge >= 0.3 is 5.97 Å². The molecule has 1 fully saturated rings. The summed E-state index contributed by atoms with van der Waals surface area (Å²) in [6.45, 7) is 0. The molecule has 0 bridgehead atoms. The molecular formula is C21H20N2O2. The standard InChI is InChI=1S/C21H20N2O2/c24-20(25)18-9-12-22-19(23-18)14-21(10-3-4-11-21)17-8-7-15-5-1-2-6-16(15)13-17/h1-2,5-9,12-13H,3-4,10-11,14H2,(H,24,25). The van der Waals surface area contributed by atoms with Gasteiger partial charge in [0.1, 0.15) is 5.82 Å². The highest BCUT2D eigenvalue weighted by Crippen LogP contribution is 2.44. The van der Waals surface area contributed by atoms with Gasteiger partial charge < -0.3 is 5.11 Å². The third-order valence-electron chi connectivity index (χ3n) is 5.34. The minimum absolute atomic E-state index is 0.00115. The zero-order valence-corrected chi connectivity index (χ0v) is 14.0. The Morgan fingerprint density at radius 3 is 2.56 bits per heavy atom. The molecule has 0 amide bonds. The van der Waals surface area contributed by atoms with Crippen molar-refractivity contribution in [2.45, 2.75) is 37.5 Å². The van der Waals surface area contributed by atoms with E-state index in [1.165, 1.54) is 35.2 Å². The van der Waals surface area contributed by atoms with Crippen LogP contribution < -0.4 is 0 Å². The molecule has 0 atom stereocenters. The van der Waals surface area contributed by atoms with Gasteiger partial charge in [0.2, 0.25) is 0 Å². The Labute approximate surface area is 146 Å².